The van der Waals surface area contributed by atoms with Crippen LogP contribution in [0.2, 0.25) is 0 Å². The smallest absolute Gasteiger partial charge is 0.168 e. The second-order valence-electron chi connectivity index (χ2n) is 6.34. The van der Waals surface area contributed by atoms with Crippen LogP contribution < -0.4 is 0 Å². The number of carbonyl (C=O) groups excluding carboxylic acids is 1. The van der Waals surface area contributed by atoms with E-state index in [1.54, 1.807) is 6.08 Å². The van der Waals surface area contributed by atoms with Crippen molar-refractivity contribution in [2.75, 3.05) is 6.61 Å². The van der Waals surface area contributed by atoms with Crippen LogP contribution in [0.15, 0.2) is 29.1 Å². The molecule has 0 aliphatic heterocycles. The van der Waals surface area contributed by atoms with Gasteiger partial charge in [0.1, 0.15) is 12.4 Å². The summed E-state index contributed by atoms with van der Waals surface area (Å²) >= 11 is 0. The maximum Gasteiger partial charge on any atom is 0.168 e. The van der Waals surface area contributed by atoms with E-state index in [0.717, 1.165) is 19.3 Å². The lowest BCUT2D eigenvalue weighted by Crippen LogP contribution is -2.29. The predicted molar refractivity (Wildman–Crippen MR) is 85.4 cm³/mol. The number of hydrogen-bond acceptors (Lipinski definition) is 4. The number of ketones is 1. The number of carbonyl (C=O) groups is 1. The summed E-state index contributed by atoms with van der Waals surface area (Å²) in [4.78, 5) is 17.5. The van der Waals surface area contributed by atoms with Crippen molar-refractivity contribution in [3.8, 4) is 0 Å². The molecule has 1 aliphatic rings. The second kappa shape index (κ2) is 8.01. The molecule has 0 saturated heterocycles. The Bertz CT molecular complexity index is 447. The van der Waals surface area contributed by atoms with Crippen LogP contribution in [-0.2, 0) is 9.63 Å². The molecule has 1 rings (SSSR count). The van der Waals surface area contributed by atoms with E-state index >= 15 is 0 Å². The van der Waals surface area contributed by atoms with Crippen LogP contribution in [0, 0.1) is 5.41 Å². The summed E-state index contributed by atoms with van der Waals surface area (Å²) in [6.07, 6.45) is 6.27. The van der Waals surface area contributed by atoms with Gasteiger partial charge in [-0.15, -0.1) is 0 Å². The maximum absolute atomic E-state index is 12.4. The number of Topliss-reactive ketones (excluding diaryl/α,β-unsaturated/α-hetero) is 1. The van der Waals surface area contributed by atoms with Crippen molar-refractivity contribution in [1.29, 1.82) is 0 Å². The molecule has 0 aromatic carbocycles. The molecule has 0 amide bonds. The number of hydrogen-bond donors (Lipinski definition) is 1. The molecular weight excluding hydrogens is 266 g/mol. The van der Waals surface area contributed by atoms with Gasteiger partial charge in [0.15, 0.2) is 5.78 Å². The van der Waals surface area contributed by atoms with E-state index in [0.29, 0.717) is 37.2 Å². The minimum Gasteiger partial charge on any atom is -0.511 e. The number of unbranched alkanes of at least 4 members (excludes halogenated alkanes) is 2. The molecule has 0 bridgehead atoms. The number of rotatable bonds is 8. The first-order valence-corrected chi connectivity index (χ1v) is 7.66. The zero-order valence-electron chi connectivity index (χ0n) is 13.4. The first-order chi connectivity index (χ1) is 9.91. The zero-order valence-corrected chi connectivity index (χ0v) is 13.4. The van der Waals surface area contributed by atoms with Crippen molar-refractivity contribution in [3.63, 3.8) is 0 Å². The third-order valence-electron chi connectivity index (χ3n) is 3.53. The average molecular weight is 293 g/mol. The molecule has 0 saturated carbocycles. The Morgan fingerprint density at radius 1 is 1.43 bits per heavy atom. The molecule has 0 radical (unpaired) electrons. The molecule has 0 heterocycles. The number of nitrogens with zero attached hydrogens (tertiary/aromatic N) is 1. The third kappa shape index (κ3) is 5.37. The van der Waals surface area contributed by atoms with Crippen LogP contribution >= 0.6 is 0 Å². The van der Waals surface area contributed by atoms with Gasteiger partial charge in [0, 0.05) is 12.8 Å². The van der Waals surface area contributed by atoms with Gasteiger partial charge < -0.3 is 9.94 Å². The SMILES string of the molecule is C=CCON=C(CCCCC)C1=C(O)CC(C)(C)CC1=O. The van der Waals surface area contributed by atoms with E-state index in [1.807, 2.05) is 13.8 Å². The highest BCUT2D eigenvalue weighted by atomic mass is 16.6. The van der Waals surface area contributed by atoms with Crippen molar-refractivity contribution in [2.45, 2.75) is 59.3 Å². The van der Waals surface area contributed by atoms with Crippen molar-refractivity contribution in [1.82, 2.24) is 0 Å². The Morgan fingerprint density at radius 2 is 2.14 bits per heavy atom. The lowest BCUT2D eigenvalue weighted by Gasteiger charge is -2.29. The van der Waals surface area contributed by atoms with Gasteiger partial charge in [0.2, 0.25) is 0 Å². The van der Waals surface area contributed by atoms with Gasteiger partial charge in [-0.05, 0) is 18.3 Å². The summed E-state index contributed by atoms with van der Waals surface area (Å²) in [5.74, 6) is 0.106. The van der Waals surface area contributed by atoms with Crippen molar-refractivity contribution >= 4 is 11.5 Å². The van der Waals surface area contributed by atoms with Crippen LogP contribution in [0.3, 0.4) is 0 Å². The van der Waals surface area contributed by atoms with E-state index in [-0.39, 0.29) is 17.0 Å². The molecule has 0 atom stereocenters. The number of allylic oxidation sites excluding steroid dienone is 2. The lowest BCUT2D eigenvalue weighted by atomic mass is 9.75. The monoisotopic (exact) mass is 293 g/mol. The number of aliphatic hydroxyl groups excluding tert-OH is 1. The van der Waals surface area contributed by atoms with Crippen LogP contribution in [0.4, 0.5) is 0 Å². The van der Waals surface area contributed by atoms with E-state index in [2.05, 4.69) is 18.7 Å². The van der Waals surface area contributed by atoms with Crippen LogP contribution in [-0.4, -0.2) is 23.2 Å². The fourth-order valence-electron chi connectivity index (χ4n) is 2.54. The standard InChI is InChI=1S/C17H27NO3/c1-5-7-8-9-13(18-21-10-6-2)16-14(19)11-17(3,4)12-15(16)20/h6,19H,2,5,7-12H2,1,3-4H3. The minimum absolute atomic E-state index is 0.0406. The Kier molecular flexibility index (Phi) is 6.66. The highest BCUT2D eigenvalue weighted by Crippen LogP contribution is 2.36. The average Bonchev–Trinajstić information content (AvgIpc) is 2.36. The highest BCUT2D eigenvalue weighted by Gasteiger charge is 2.35. The maximum atomic E-state index is 12.4. The fraction of sp³-hybridized carbons (Fsp3) is 0.647. The molecule has 0 aromatic rings. The summed E-state index contributed by atoms with van der Waals surface area (Å²) in [6, 6.07) is 0. The third-order valence-corrected chi connectivity index (χ3v) is 3.53. The highest BCUT2D eigenvalue weighted by molar-refractivity contribution is 6.23. The normalized spacial score (nSPS) is 18.8. The summed E-state index contributed by atoms with van der Waals surface area (Å²) in [5.41, 5.74) is 0.749. The Labute approximate surface area is 127 Å². The molecule has 1 aliphatic carbocycles. The second-order valence-corrected chi connectivity index (χ2v) is 6.34. The van der Waals surface area contributed by atoms with Gasteiger partial charge in [-0.25, -0.2) is 0 Å². The number of aliphatic hydroxyl groups is 1. The minimum atomic E-state index is -0.193. The Hall–Kier alpha value is -1.58. The molecule has 4 heteroatoms. The summed E-state index contributed by atoms with van der Waals surface area (Å²) < 4.78 is 0. The van der Waals surface area contributed by atoms with Gasteiger partial charge >= 0.3 is 0 Å². The summed E-state index contributed by atoms with van der Waals surface area (Å²) in [6.45, 7) is 9.96. The van der Waals surface area contributed by atoms with Gasteiger partial charge in [-0.3, -0.25) is 4.79 Å². The molecule has 0 aromatic heterocycles. The van der Waals surface area contributed by atoms with E-state index < -0.39 is 0 Å². The van der Waals surface area contributed by atoms with Crippen molar-refractivity contribution < 1.29 is 14.7 Å². The van der Waals surface area contributed by atoms with Crippen LogP contribution in [0.5, 0.6) is 0 Å². The van der Waals surface area contributed by atoms with E-state index in [4.69, 9.17) is 4.84 Å². The molecule has 1 N–H and O–H groups in total. The van der Waals surface area contributed by atoms with Crippen molar-refractivity contribution in [3.05, 3.63) is 24.0 Å². The van der Waals surface area contributed by atoms with Gasteiger partial charge in [0.05, 0.1) is 11.3 Å². The zero-order chi connectivity index (χ0) is 15.9. The van der Waals surface area contributed by atoms with E-state index in [1.165, 1.54) is 0 Å². The van der Waals surface area contributed by atoms with E-state index in [9.17, 15) is 9.90 Å². The molecule has 118 valence electrons. The number of oxime groups is 1. The fourth-order valence-corrected chi connectivity index (χ4v) is 2.54. The van der Waals surface area contributed by atoms with Gasteiger partial charge in [-0.1, -0.05) is 51.4 Å². The lowest BCUT2D eigenvalue weighted by molar-refractivity contribution is -0.118. The molecular formula is C17H27NO3. The summed E-state index contributed by atoms with van der Waals surface area (Å²) in [5, 5.41) is 14.3. The van der Waals surface area contributed by atoms with Crippen LogP contribution in [0.1, 0.15) is 59.3 Å². The topological polar surface area (TPSA) is 58.9 Å². The molecule has 21 heavy (non-hydrogen) atoms. The molecule has 0 unspecified atom stereocenters. The first-order valence-electron chi connectivity index (χ1n) is 7.66. The largest absolute Gasteiger partial charge is 0.511 e. The van der Waals surface area contributed by atoms with Gasteiger partial charge in [-0.2, -0.15) is 0 Å². The van der Waals surface area contributed by atoms with Crippen LogP contribution in [0.25, 0.3) is 0 Å². The molecule has 0 spiro atoms. The van der Waals surface area contributed by atoms with Gasteiger partial charge in [0.25, 0.3) is 0 Å². The molecule has 4 nitrogen and oxygen atoms in total. The van der Waals surface area contributed by atoms with Crippen molar-refractivity contribution in [2.24, 2.45) is 10.6 Å². The Balaban J connectivity index is 2.97. The first kappa shape index (κ1) is 17.5. The predicted octanol–water partition coefficient (Wildman–Crippen LogP) is 4.33. The summed E-state index contributed by atoms with van der Waals surface area (Å²) in [7, 11) is 0. The quantitative estimate of drug-likeness (QED) is 0.314. The Morgan fingerprint density at radius 3 is 2.71 bits per heavy atom. The molecule has 0 fully saturated rings.